The maximum atomic E-state index is 11.7. The number of nitrogens with one attached hydrogen (secondary N) is 2. The number of benzene rings is 1. The third-order valence-electron chi connectivity index (χ3n) is 4.65. The molecule has 0 aromatic heterocycles. The smallest absolute Gasteiger partial charge is 0.224 e. The van der Waals surface area contributed by atoms with E-state index in [-0.39, 0.29) is 5.91 Å². The molecule has 120 valence electrons. The molecule has 4 nitrogen and oxygen atoms in total. The molecule has 2 aliphatic rings. The highest BCUT2D eigenvalue weighted by Crippen LogP contribution is 2.32. The van der Waals surface area contributed by atoms with Crippen molar-refractivity contribution in [3.8, 4) is 0 Å². The van der Waals surface area contributed by atoms with Crippen molar-refractivity contribution in [1.82, 2.24) is 5.32 Å². The molecule has 1 aromatic rings. The fourth-order valence-corrected chi connectivity index (χ4v) is 3.49. The van der Waals surface area contributed by atoms with Crippen molar-refractivity contribution >= 4 is 11.6 Å². The predicted molar refractivity (Wildman–Crippen MR) is 87.7 cm³/mol. The number of carbonyl (C=O) groups excluding carboxylic acids is 1. The molecule has 22 heavy (non-hydrogen) atoms. The van der Waals surface area contributed by atoms with Crippen LogP contribution in [0.15, 0.2) is 24.3 Å². The topological polar surface area (TPSA) is 50.4 Å². The maximum absolute atomic E-state index is 11.7. The molecule has 3 rings (SSSR count). The van der Waals surface area contributed by atoms with E-state index in [2.05, 4.69) is 22.8 Å². The Kier molecular flexibility index (Phi) is 5.11. The Morgan fingerprint density at radius 1 is 1.27 bits per heavy atom. The number of anilines is 1. The molecule has 0 aliphatic carbocycles. The number of amides is 1. The Morgan fingerprint density at radius 3 is 3.00 bits per heavy atom. The van der Waals surface area contributed by atoms with Crippen molar-refractivity contribution in [3.05, 3.63) is 29.8 Å². The first-order valence-electron chi connectivity index (χ1n) is 8.52. The molecular formula is C18H26N2O2. The van der Waals surface area contributed by atoms with Crippen LogP contribution in [-0.2, 0) is 16.1 Å². The molecule has 2 fully saturated rings. The highest BCUT2D eigenvalue weighted by molar-refractivity contribution is 5.90. The molecule has 2 bridgehead atoms. The van der Waals surface area contributed by atoms with Gasteiger partial charge < -0.3 is 15.4 Å². The average molecular weight is 302 g/mol. The SMILES string of the molecule is CCCC(=O)Nc1cccc(CNC2CCC3CCC2O3)c1. The van der Waals surface area contributed by atoms with Gasteiger partial charge in [-0.25, -0.2) is 0 Å². The largest absolute Gasteiger partial charge is 0.373 e. The van der Waals surface area contributed by atoms with E-state index in [1.54, 1.807) is 0 Å². The lowest BCUT2D eigenvalue weighted by molar-refractivity contribution is -0.116. The van der Waals surface area contributed by atoms with Gasteiger partial charge in [0.25, 0.3) is 0 Å². The highest BCUT2D eigenvalue weighted by atomic mass is 16.5. The van der Waals surface area contributed by atoms with E-state index in [1.165, 1.54) is 31.2 Å². The van der Waals surface area contributed by atoms with Gasteiger partial charge in [-0.3, -0.25) is 4.79 Å². The minimum absolute atomic E-state index is 0.0882. The average Bonchev–Trinajstić information content (AvgIpc) is 2.89. The van der Waals surface area contributed by atoms with Gasteiger partial charge in [0.1, 0.15) is 0 Å². The van der Waals surface area contributed by atoms with Crippen molar-refractivity contribution in [2.45, 2.75) is 70.2 Å². The quantitative estimate of drug-likeness (QED) is 0.848. The van der Waals surface area contributed by atoms with Crippen LogP contribution in [0.3, 0.4) is 0 Å². The van der Waals surface area contributed by atoms with Gasteiger partial charge in [0.2, 0.25) is 5.91 Å². The molecule has 2 heterocycles. The van der Waals surface area contributed by atoms with E-state index in [9.17, 15) is 4.79 Å². The summed E-state index contributed by atoms with van der Waals surface area (Å²) in [6, 6.07) is 8.58. The molecule has 3 unspecified atom stereocenters. The first-order valence-corrected chi connectivity index (χ1v) is 8.52. The molecule has 2 aliphatic heterocycles. The van der Waals surface area contributed by atoms with Crippen molar-refractivity contribution in [2.24, 2.45) is 0 Å². The number of hydrogen-bond acceptors (Lipinski definition) is 3. The van der Waals surface area contributed by atoms with Crippen molar-refractivity contribution < 1.29 is 9.53 Å². The molecule has 0 spiro atoms. The van der Waals surface area contributed by atoms with Gasteiger partial charge in [0.15, 0.2) is 0 Å². The van der Waals surface area contributed by atoms with E-state index in [4.69, 9.17) is 4.74 Å². The van der Waals surface area contributed by atoms with Gasteiger partial charge >= 0.3 is 0 Å². The molecule has 3 atom stereocenters. The summed E-state index contributed by atoms with van der Waals surface area (Å²) in [7, 11) is 0. The number of fused-ring (bicyclic) bond motifs is 2. The fraction of sp³-hybridized carbons (Fsp3) is 0.611. The number of ether oxygens (including phenoxy) is 1. The molecule has 1 amide bonds. The fourth-order valence-electron chi connectivity index (χ4n) is 3.49. The van der Waals surface area contributed by atoms with Crippen molar-refractivity contribution in [2.75, 3.05) is 5.32 Å². The van der Waals surface area contributed by atoms with Gasteiger partial charge in [0.05, 0.1) is 12.2 Å². The molecule has 2 saturated heterocycles. The summed E-state index contributed by atoms with van der Waals surface area (Å²) in [5.74, 6) is 0.0882. The zero-order valence-electron chi connectivity index (χ0n) is 13.3. The van der Waals surface area contributed by atoms with Crippen LogP contribution in [-0.4, -0.2) is 24.2 Å². The van der Waals surface area contributed by atoms with E-state index >= 15 is 0 Å². The summed E-state index contributed by atoms with van der Waals surface area (Å²) in [4.78, 5) is 11.7. The van der Waals surface area contributed by atoms with Crippen LogP contribution in [0.4, 0.5) is 5.69 Å². The number of hydrogen-bond donors (Lipinski definition) is 2. The highest BCUT2D eigenvalue weighted by Gasteiger charge is 2.36. The molecule has 2 N–H and O–H groups in total. The van der Waals surface area contributed by atoms with Gasteiger partial charge in [-0.05, 0) is 49.8 Å². The summed E-state index contributed by atoms with van der Waals surface area (Å²) < 4.78 is 5.98. The first kappa shape index (κ1) is 15.5. The normalized spacial score (nSPS) is 26.9. The maximum Gasteiger partial charge on any atom is 0.224 e. The monoisotopic (exact) mass is 302 g/mol. The van der Waals surface area contributed by atoms with Gasteiger partial charge in [0, 0.05) is 24.7 Å². The first-order chi connectivity index (χ1) is 10.7. The van der Waals surface area contributed by atoms with Crippen LogP contribution >= 0.6 is 0 Å². The van der Waals surface area contributed by atoms with E-state index in [1.807, 2.05) is 19.1 Å². The van der Waals surface area contributed by atoms with Crippen LogP contribution in [0.2, 0.25) is 0 Å². The van der Waals surface area contributed by atoms with Crippen LogP contribution in [0.5, 0.6) is 0 Å². The van der Waals surface area contributed by atoms with E-state index in [0.717, 1.165) is 18.7 Å². The summed E-state index contributed by atoms with van der Waals surface area (Å²) in [5.41, 5.74) is 2.09. The summed E-state index contributed by atoms with van der Waals surface area (Å²) in [6.07, 6.45) is 7.16. The van der Waals surface area contributed by atoms with E-state index in [0.29, 0.717) is 24.7 Å². The van der Waals surface area contributed by atoms with Gasteiger partial charge in [-0.2, -0.15) is 0 Å². The van der Waals surface area contributed by atoms with Crippen molar-refractivity contribution in [1.29, 1.82) is 0 Å². The minimum Gasteiger partial charge on any atom is -0.373 e. The Labute approximate surface area is 132 Å². The second-order valence-electron chi connectivity index (χ2n) is 6.44. The minimum atomic E-state index is 0.0882. The number of rotatable bonds is 6. The van der Waals surface area contributed by atoms with Crippen LogP contribution in [0.1, 0.15) is 51.0 Å². The molecule has 0 radical (unpaired) electrons. The van der Waals surface area contributed by atoms with Crippen molar-refractivity contribution in [3.63, 3.8) is 0 Å². The van der Waals surface area contributed by atoms with Gasteiger partial charge in [-0.1, -0.05) is 19.1 Å². The Balaban J connectivity index is 1.53. The van der Waals surface area contributed by atoms with Crippen LogP contribution in [0.25, 0.3) is 0 Å². The molecule has 0 saturated carbocycles. The second-order valence-corrected chi connectivity index (χ2v) is 6.44. The number of carbonyl (C=O) groups is 1. The zero-order valence-corrected chi connectivity index (χ0v) is 13.3. The standard InChI is InChI=1S/C18H26N2O2/c1-2-4-18(21)20-14-6-3-5-13(11-14)12-19-16-9-7-15-8-10-17(16)22-15/h3,5-6,11,15-17,19H,2,4,7-10,12H2,1H3,(H,20,21). The predicted octanol–water partition coefficient (Wildman–Crippen LogP) is 3.22. The van der Waals surface area contributed by atoms with Gasteiger partial charge in [-0.15, -0.1) is 0 Å². The molecule has 4 heteroatoms. The third kappa shape index (κ3) is 3.87. The summed E-state index contributed by atoms with van der Waals surface area (Å²) in [6.45, 7) is 2.84. The third-order valence-corrected chi connectivity index (χ3v) is 4.65. The molecular weight excluding hydrogens is 276 g/mol. The Bertz CT molecular complexity index is 518. The van der Waals surface area contributed by atoms with Crippen LogP contribution < -0.4 is 10.6 Å². The zero-order chi connectivity index (χ0) is 15.4. The molecule has 1 aromatic carbocycles. The lowest BCUT2D eigenvalue weighted by atomic mass is 10.0. The van der Waals surface area contributed by atoms with Crippen LogP contribution in [0, 0.1) is 0 Å². The lowest BCUT2D eigenvalue weighted by Gasteiger charge is -2.30. The lowest BCUT2D eigenvalue weighted by Crippen LogP contribution is -2.42. The Hall–Kier alpha value is -1.39. The van der Waals surface area contributed by atoms with E-state index < -0.39 is 0 Å². The second kappa shape index (κ2) is 7.25. The summed E-state index contributed by atoms with van der Waals surface area (Å²) >= 11 is 0. The summed E-state index contributed by atoms with van der Waals surface area (Å²) in [5, 5.41) is 6.59. The Morgan fingerprint density at radius 2 is 2.14 bits per heavy atom.